The third-order valence-electron chi connectivity index (χ3n) is 5.56. The van der Waals surface area contributed by atoms with Crippen LogP contribution in [0, 0.1) is 6.92 Å². The molecule has 1 unspecified atom stereocenters. The molecule has 5 nitrogen and oxygen atoms in total. The third kappa shape index (κ3) is 5.25. The molecule has 0 radical (unpaired) electrons. The van der Waals surface area contributed by atoms with Crippen molar-refractivity contribution in [1.82, 2.24) is 9.80 Å². The van der Waals surface area contributed by atoms with Gasteiger partial charge in [-0.25, -0.2) is 0 Å². The second kappa shape index (κ2) is 9.92. The lowest BCUT2D eigenvalue weighted by molar-refractivity contribution is 0.0499. The monoisotopic (exact) mass is 384 g/mol. The normalized spacial score (nSPS) is 18.2. The van der Waals surface area contributed by atoms with E-state index in [1.54, 1.807) is 14.2 Å². The van der Waals surface area contributed by atoms with E-state index in [4.69, 9.17) is 9.47 Å². The molecule has 1 atom stereocenters. The quantitative estimate of drug-likeness (QED) is 0.758. The summed E-state index contributed by atoms with van der Waals surface area (Å²) < 4.78 is 10.6. The van der Waals surface area contributed by atoms with E-state index in [1.807, 2.05) is 18.2 Å². The van der Waals surface area contributed by atoms with Gasteiger partial charge in [-0.1, -0.05) is 24.3 Å². The van der Waals surface area contributed by atoms with Gasteiger partial charge in [0.05, 0.1) is 14.2 Å². The highest BCUT2D eigenvalue weighted by molar-refractivity contribution is 5.36. The van der Waals surface area contributed by atoms with Gasteiger partial charge >= 0.3 is 0 Å². The Balaban J connectivity index is 1.62. The van der Waals surface area contributed by atoms with Crippen molar-refractivity contribution in [1.29, 1.82) is 0 Å². The number of benzene rings is 2. The van der Waals surface area contributed by atoms with Gasteiger partial charge in [-0.05, 0) is 48.2 Å². The van der Waals surface area contributed by atoms with Gasteiger partial charge < -0.3 is 14.6 Å². The van der Waals surface area contributed by atoms with Gasteiger partial charge in [0.1, 0.15) is 11.5 Å². The number of methoxy groups -OCH3 is 2. The van der Waals surface area contributed by atoms with Crippen LogP contribution in [-0.2, 0) is 13.1 Å². The van der Waals surface area contributed by atoms with Crippen molar-refractivity contribution in [3.05, 3.63) is 59.2 Å². The van der Waals surface area contributed by atoms with Crippen molar-refractivity contribution >= 4 is 0 Å². The number of rotatable bonds is 8. The first-order chi connectivity index (χ1) is 13.6. The molecule has 152 valence electrons. The number of aliphatic hydroxyl groups excluding tert-OH is 1. The van der Waals surface area contributed by atoms with Crippen molar-refractivity contribution in [3.63, 3.8) is 0 Å². The van der Waals surface area contributed by atoms with Gasteiger partial charge in [-0.2, -0.15) is 0 Å². The van der Waals surface area contributed by atoms with E-state index >= 15 is 0 Å². The highest BCUT2D eigenvalue weighted by atomic mass is 16.5. The molecule has 2 aromatic carbocycles. The predicted molar refractivity (Wildman–Crippen MR) is 112 cm³/mol. The maximum atomic E-state index is 9.57. The molecule has 1 aliphatic rings. The van der Waals surface area contributed by atoms with Crippen molar-refractivity contribution in [3.8, 4) is 11.5 Å². The van der Waals surface area contributed by atoms with Crippen LogP contribution in [0.1, 0.15) is 23.1 Å². The zero-order valence-corrected chi connectivity index (χ0v) is 17.2. The molecule has 5 heteroatoms. The number of piperazine rings is 1. The molecule has 0 aliphatic carbocycles. The number of aliphatic hydroxyl groups is 1. The van der Waals surface area contributed by atoms with Gasteiger partial charge in [0.25, 0.3) is 0 Å². The number of ether oxygens (including phenoxy) is 2. The first kappa shape index (κ1) is 20.6. The number of hydrogen-bond donors (Lipinski definition) is 1. The maximum Gasteiger partial charge on any atom is 0.121 e. The number of hydrogen-bond acceptors (Lipinski definition) is 5. The topological polar surface area (TPSA) is 45.2 Å². The number of nitrogens with zero attached hydrogens (tertiary/aromatic N) is 2. The van der Waals surface area contributed by atoms with Crippen LogP contribution in [0.4, 0.5) is 0 Å². The van der Waals surface area contributed by atoms with Crippen LogP contribution in [0.2, 0.25) is 0 Å². The highest BCUT2D eigenvalue weighted by Gasteiger charge is 2.26. The van der Waals surface area contributed by atoms with E-state index in [0.717, 1.165) is 56.2 Å². The summed E-state index contributed by atoms with van der Waals surface area (Å²) in [7, 11) is 3.40. The maximum absolute atomic E-state index is 9.57. The summed E-state index contributed by atoms with van der Waals surface area (Å²) in [6.45, 7) is 7.16. The summed E-state index contributed by atoms with van der Waals surface area (Å²) >= 11 is 0. The first-order valence-corrected chi connectivity index (χ1v) is 9.96. The van der Waals surface area contributed by atoms with Crippen LogP contribution in [-0.4, -0.2) is 61.4 Å². The Kier molecular flexibility index (Phi) is 7.31. The van der Waals surface area contributed by atoms with Crippen LogP contribution in [0.5, 0.6) is 11.5 Å². The summed E-state index contributed by atoms with van der Waals surface area (Å²) in [6, 6.07) is 15.1. The van der Waals surface area contributed by atoms with Crippen molar-refractivity contribution in [2.24, 2.45) is 0 Å². The number of aryl methyl sites for hydroxylation is 1. The molecule has 1 heterocycles. The summed E-state index contributed by atoms with van der Waals surface area (Å²) in [6.07, 6.45) is 0.800. The minimum Gasteiger partial charge on any atom is -0.497 e. The second-order valence-electron chi connectivity index (χ2n) is 7.52. The fraction of sp³-hybridized carbons (Fsp3) is 0.478. The zero-order valence-electron chi connectivity index (χ0n) is 17.2. The second-order valence-corrected chi connectivity index (χ2v) is 7.52. The molecule has 2 aromatic rings. The fourth-order valence-electron chi connectivity index (χ4n) is 3.99. The molecule has 0 amide bonds. The fourth-order valence-corrected chi connectivity index (χ4v) is 3.99. The molecule has 0 saturated carbocycles. The van der Waals surface area contributed by atoms with E-state index in [9.17, 15) is 5.11 Å². The Bertz CT molecular complexity index is 748. The summed E-state index contributed by atoms with van der Waals surface area (Å²) in [5, 5.41) is 9.57. The van der Waals surface area contributed by atoms with Gasteiger partial charge in [-0.3, -0.25) is 9.80 Å². The van der Waals surface area contributed by atoms with Gasteiger partial charge in [0, 0.05) is 45.4 Å². The molecule has 1 fully saturated rings. The zero-order chi connectivity index (χ0) is 19.9. The molecule has 0 spiro atoms. The molecule has 1 aliphatic heterocycles. The molecule has 0 aromatic heterocycles. The van der Waals surface area contributed by atoms with Crippen LogP contribution in [0.3, 0.4) is 0 Å². The molecule has 1 saturated heterocycles. The predicted octanol–water partition coefficient (Wildman–Crippen LogP) is 3.08. The van der Waals surface area contributed by atoms with E-state index in [2.05, 4.69) is 41.0 Å². The smallest absolute Gasteiger partial charge is 0.121 e. The van der Waals surface area contributed by atoms with E-state index in [0.29, 0.717) is 6.04 Å². The van der Waals surface area contributed by atoms with E-state index < -0.39 is 0 Å². The Morgan fingerprint density at radius 1 is 0.964 bits per heavy atom. The van der Waals surface area contributed by atoms with Crippen molar-refractivity contribution in [2.75, 3.05) is 40.5 Å². The Labute approximate surface area is 168 Å². The Morgan fingerprint density at radius 2 is 1.71 bits per heavy atom. The van der Waals surface area contributed by atoms with Gasteiger partial charge in [-0.15, -0.1) is 0 Å². The van der Waals surface area contributed by atoms with Crippen molar-refractivity contribution in [2.45, 2.75) is 32.5 Å². The lowest BCUT2D eigenvalue weighted by Crippen LogP contribution is -2.52. The van der Waals surface area contributed by atoms with Crippen LogP contribution in [0.15, 0.2) is 42.5 Å². The standard InChI is InChI=1S/C23H32N2O3/c1-18-14-20(6-9-23(18)28-3)16-25-12-11-24(17-21(25)10-13-26)15-19-4-7-22(27-2)8-5-19/h4-9,14,21,26H,10-13,15-17H2,1-3H3. The molecular formula is C23H32N2O3. The van der Waals surface area contributed by atoms with Crippen LogP contribution < -0.4 is 9.47 Å². The third-order valence-corrected chi connectivity index (χ3v) is 5.56. The molecular weight excluding hydrogens is 352 g/mol. The highest BCUT2D eigenvalue weighted by Crippen LogP contribution is 2.23. The van der Waals surface area contributed by atoms with Crippen molar-refractivity contribution < 1.29 is 14.6 Å². The SMILES string of the molecule is COc1ccc(CN2CCN(Cc3ccc(OC)c(C)c3)C(CCO)C2)cc1. The van der Waals surface area contributed by atoms with E-state index in [-0.39, 0.29) is 6.61 Å². The molecule has 0 bridgehead atoms. The van der Waals surface area contributed by atoms with Gasteiger partial charge in [0.2, 0.25) is 0 Å². The Morgan fingerprint density at radius 3 is 2.36 bits per heavy atom. The van der Waals surface area contributed by atoms with Crippen LogP contribution in [0.25, 0.3) is 0 Å². The average molecular weight is 385 g/mol. The van der Waals surface area contributed by atoms with Crippen LogP contribution >= 0.6 is 0 Å². The molecule has 1 N–H and O–H groups in total. The molecule has 3 rings (SSSR count). The lowest BCUT2D eigenvalue weighted by atomic mass is 10.0. The first-order valence-electron chi connectivity index (χ1n) is 9.96. The largest absolute Gasteiger partial charge is 0.497 e. The minimum absolute atomic E-state index is 0.221. The summed E-state index contributed by atoms with van der Waals surface area (Å²) in [5.74, 6) is 1.82. The van der Waals surface area contributed by atoms with E-state index in [1.165, 1.54) is 11.1 Å². The average Bonchev–Trinajstić information content (AvgIpc) is 2.71. The summed E-state index contributed by atoms with van der Waals surface area (Å²) in [5.41, 5.74) is 3.75. The Hall–Kier alpha value is -2.08. The lowest BCUT2D eigenvalue weighted by Gasteiger charge is -2.41. The molecule has 28 heavy (non-hydrogen) atoms. The minimum atomic E-state index is 0.221. The van der Waals surface area contributed by atoms with Gasteiger partial charge in [0.15, 0.2) is 0 Å². The summed E-state index contributed by atoms with van der Waals surface area (Å²) in [4.78, 5) is 4.99.